The highest BCUT2D eigenvalue weighted by atomic mass is 35.5. The molecule has 4 nitrogen and oxygen atoms in total. The number of thioether (sulfide) groups is 1. The predicted molar refractivity (Wildman–Crippen MR) is 90.2 cm³/mol. The van der Waals surface area contributed by atoms with Gasteiger partial charge in [-0.25, -0.2) is 0 Å². The number of anilines is 2. The smallest absolute Gasteiger partial charge is 0.255 e. The number of rotatable bonds is 2. The van der Waals surface area contributed by atoms with Crippen LogP contribution in [0.4, 0.5) is 11.4 Å². The van der Waals surface area contributed by atoms with Gasteiger partial charge in [0.1, 0.15) is 0 Å². The van der Waals surface area contributed by atoms with Crippen LogP contribution in [0.2, 0.25) is 10.0 Å². The van der Waals surface area contributed by atoms with Crippen molar-refractivity contribution in [3.63, 3.8) is 0 Å². The molecular formula is C15H10Cl2N2O2S. The maximum Gasteiger partial charge on any atom is 0.255 e. The highest BCUT2D eigenvalue weighted by Crippen LogP contribution is 2.33. The molecule has 2 aromatic carbocycles. The van der Waals surface area contributed by atoms with E-state index in [9.17, 15) is 9.59 Å². The van der Waals surface area contributed by atoms with Crippen molar-refractivity contribution in [1.29, 1.82) is 0 Å². The lowest BCUT2D eigenvalue weighted by atomic mass is 10.1. The van der Waals surface area contributed by atoms with E-state index in [1.54, 1.807) is 30.3 Å². The fourth-order valence-electron chi connectivity index (χ4n) is 2.02. The van der Waals surface area contributed by atoms with E-state index in [1.807, 2.05) is 6.07 Å². The average Bonchev–Trinajstić information content (AvgIpc) is 2.51. The Kier molecular flexibility index (Phi) is 4.29. The molecule has 1 heterocycles. The number of benzene rings is 2. The highest BCUT2D eigenvalue weighted by Gasteiger charge is 2.18. The van der Waals surface area contributed by atoms with Crippen molar-refractivity contribution in [2.24, 2.45) is 0 Å². The molecule has 0 fully saturated rings. The first-order valence-electron chi connectivity index (χ1n) is 6.36. The van der Waals surface area contributed by atoms with Crippen molar-refractivity contribution in [1.82, 2.24) is 0 Å². The lowest BCUT2D eigenvalue weighted by molar-refractivity contribution is -0.113. The standard InChI is InChI=1S/C15H10Cl2N2O2S/c16-9-2-1-3-10(14(9)17)19-15(21)8-4-5-12-11(6-8)18-13(20)7-22-12/h1-6H,7H2,(H,18,20)(H,19,21). The molecule has 0 unspecified atom stereocenters. The van der Waals surface area contributed by atoms with Crippen LogP contribution in [0.15, 0.2) is 41.3 Å². The van der Waals surface area contributed by atoms with Crippen LogP contribution in [0.3, 0.4) is 0 Å². The van der Waals surface area contributed by atoms with E-state index in [0.717, 1.165) is 4.90 Å². The van der Waals surface area contributed by atoms with E-state index in [0.29, 0.717) is 32.7 Å². The molecule has 1 aliphatic rings. The van der Waals surface area contributed by atoms with Gasteiger partial charge in [0.05, 0.1) is 27.2 Å². The van der Waals surface area contributed by atoms with E-state index in [1.165, 1.54) is 11.8 Å². The van der Waals surface area contributed by atoms with Gasteiger partial charge in [0.15, 0.2) is 0 Å². The van der Waals surface area contributed by atoms with Crippen LogP contribution in [-0.4, -0.2) is 17.6 Å². The van der Waals surface area contributed by atoms with Gasteiger partial charge in [-0.1, -0.05) is 29.3 Å². The summed E-state index contributed by atoms with van der Waals surface area (Å²) in [5.41, 5.74) is 1.51. The lowest BCUT2D eigenvalue weighted by Gasteiger charge is -2.17. The summed E-state index contributed by atoms with van der Waals surface area (Å²) in [5.74, 6) is -0.0128. The SMILES string of the molecule is O=C1CSc2ccc(C(=O)Nc3cccc(Cl)c3Cl)cc2N1. The number of nitrogens with one attached hydrogen (secondary N) is 2. The number of halogens is 2. The Morgan fingerprint density at radius 1 is 1.23 bits per heavy atom. The largest absolute Gasteiger partial charge is 0.324 e. The zero-order valence-electron chi connectivity index (χ0n) is 11.2. The summed E-state index contributed by atoms with van der Waals surface area (Å²) >= 11 is 13.4. The summed E-state index contributed by atoms with van der Waals surface area (Å²) in [6.45, 7) is 0. The van der Waals surface area contributed by atoms with Gasteiger partial charge in [-0.05, 0) is 30.3 Å². The van der Waals surface area contributed by atoms with E-state index >= 15 is 0 Å². The maximum atomic E-state index is 12.3. The first-order chi connectivity index (χ1) is 10.5. The molecule has 2 N–H and O–H groups in total. The maximum absolute atomic E-state index is 12.3. The summed E-state index contributed by atoms with van der Waals surface area (Å²) < 4.78 is 0. The average molecular weight is 353 g/mol. The summed E-state index contributed by atoms with van der Waals surface area (Å²) in [6, 6.07) is 10.2. The molecule has 0 saturated heterocycles. The molecule has 0 aromatic heterocycles. The van der Waals surface area contributed by atoms with Gasteiger partial charge < -0.3 is 10.6 Å². The molecule has 2 aromatic rings. The van der Waals surface area contributed by atoms with Crippen LogP contribution in [0.1, 0.15) is 10.4 Å². The van der Waals surface area contributed by atoms with Crippen LogP contribution >= 0.6 is 35.0 Å². The zero-order valence-corrected chi connectivity index (χ0v) is 13.5. The Morgan fingerprint density at radius 2 is 2.05 bits per heavy atom. The van der Waals surface area contributed by atoms with Crippen LogP contribution < -0.4 is 10.6 Å². The molecule has 7 heteroatoms. The molecule has 3 rings (SSSR count). The fourth-order valence-corrected chi connectivity index (χ4v) is 3.16. The molecule has 112 valence electrons. The minimum atomic E-state index is -0.322. The van der Waals surface area contributed by atoms with E-state index in [2.05, 4.69) is 10.6 Å². The van der Waals surface area contributed by atoms with Crippen molar-refractivity contribution in [3.8, 4) is 0 Å². The number of hydrogen-bond donors (Lipinski definition) is 2. The Bertz CT molecular complexity index is 780. The minimum absolute atomic E-state index is 0.0760. The van der Waals surface area contributed by atoms with Crippen LogP contribution in [0.5, 0.6) is 0 Å². The van der Waals surface area contributed by atoms with Crippen molar-refractivity contribution in [2.45, 2.75) is 4.90 Å². The Labute approximate surface area is 141 Å². The molecule has 0 saturated carbocycles. The van der Waals surface area contributed by atoms with Gasteiger partial charge in [-0.3, -0.25) is 9.59 Å². The second-order valence-corrected chi connectivity index (χ2v) is 6.41. The van der Waals surface area contributed by atoms with E-state index in [4.69, 9.17) is 23.2 Å². The number of carbonyl (C=O) groups excluding carboxylic acids is 2. The molecule has 0 atom stereocenters. The van der Waals surface area contributed by atoms with Crippen molar-refractivity contribution in [2.75, 3.05) is 16.4 Å². The van der Waals surface area contributed by atoms with Gasteiger partial charge in [0, 0.05) is 10.5 Å². The van der Waals surface area contributed by atoms with Crippen LogP contribution in [0.25, 0.3) is 0 Å². The van der Waals surface area contributed by atoms with Crippen LogP contribution in [0, 0.1) is 0 Å². The number of amides is 2. The second-order valence-electron chi connectivity index (χ2n) is 4.60. The molecule has 0 aliphatic carbocycles. The molecule has 2 amide bonds. The third-order valence-corrected chi connectivity index (χ3v) is 4.97. The highest BCUT2D eigenvalue weighted by molar-refractivity contribution is 8.00. The van der Waals surface area contributed by atoms with E-state index < -0.39 is 0 Å². The van der Waals surface area contributed by atoms with Gasteiger partial charge in [-0.15, -0.1) is 11.8 Å². The van der Waals surface area contributed by atoms with Gasteiger partial charge in [-0.2, -0.15) is 0 Å². The Morgan fingerprint density at radius 3 is 2.86 bits per heavy atom. The molecular weight excluding hydrogens is 343 g/mol. The normalized spacial score (nSPS) is 13.3. The lowest BCUT2D eigenvalue weighted by Crippen LogP contribution is -2.20. The minimum Gasteiger partial charge on any atom is -0.324 e. The third-order valence-electron chi connectivity index (χ3n) is 3.07. The molecule has 1 aliphatic heterocycles. The zero-order chi connectivity index (χ0) is 15.7. The second kappa shape index (κ2) is 6.20. The molecule has 22 heavy (non-hydrogen) atoms. The molecule has 0 bridgehead atoms. The van der Waals surface area contributed by atoms with Crippen LogP contribution in [-0.2, 0) is 4.79 Å². The Hall–Kier alpha value is -1.69. The summed E-state index contributed by atoms with van der Waals surface area (Å²) in [5, 5.41) is 6.12. The van der Waals surface area contributed by atoms with Crippen molar-refractivity contribution in [3.05, 3.63) is 52.0 Å². The Balaban J connectivity index is 1.85. The topological polar surface area (TPSA) is 58.2 Å². The first kappa shape index (κ1) is 15.2. The quantitative estimate of drug-likeness (QED) is 0.847. The van der Waals surface area contributed by atoms with Gasteiger partial charge >= 0.3 is 0 Å². The summed E-state index contributed by atoms with van der Waals surface area (Å²) in [6.07, 6.45) is 0. The predicted octanol–water partition coefficient (Wildman–Crippen LogP) is 4.29. The number of fused-ring (bicyclic) bond motifs is 1. The number of carbonyl (C=O) groups is 2. The monoisotopic (exact) mass is 352 g/mol. The molecule has 0 radical (unpaired) electrons. The van der Waals surface area contributed by atoms with Crippen molar-refractivity contribution < 1.29 is 9.59 Å². The molecule has 0 spiro atoms. The first-order valence-corrected chi connectivity index (χ1v) is 8.11. The summed E-state index contributed by atoms with van der Waals surface area (Å²) in [7, 11) is 0. The van der Waals surface area contributed by atoms with Gasteiger partial charge in [0.25, 0.3) is 5.91 Å². The third kappa shape index (κ3) is 3.06. The summed E-state index contributed by atoms with van der Waals surface area (Å²) in [4.78, 5) is 24.7. The van der Waals surface area contributed by atoms with Crippen molar-refractivity contribution >= 4 is 58.2 Å². The van der Waals surface area contributed by atoms with E-state index in [-0.39, 0.29) is 11.8 Å². The fraction of sp³-hybridized carbons (Fsp3) is 0.0667. The van der Waals surface area contributed by atoms with Gasteiger partial charge in [0.2, 0.25) is 5.91 Å². The number of hydrogen-bond acceptors (Lipinski definition) is 3.